The summed E-state index contributed by atoms with van der Waals surface area (Å²) in [5, 5.41) is 5.28. The van der Waals surface area contributed by atoms with E-state index in [0.717, 1.165) is 16.8 Å². The molecular formula is C22H17N3O2S. The van der Waals surface area contributed by atoms with Gasteiger partial charge in [0.25, 0.3) is 5.91 Å². The van der Waals surface area contributed by atoms with Gasteiger partial charge in [-0.2, -0.15) is 0 Å². The lowest BCUT2D eigenvalue weighted by molar-refractivity contribution is 0.102. The Morgan fingerprint density at radius 2 is 1.82 bits per heavy atom. The van der Waals surface area contributed by atoms with E-state index >= 15 is 0 Å². The number of rotatable bonds is 6. The van der Waals surface area contributed by atoms with E-state index in [-0.39, 0.29) is 5.91 Å². The molecule has 28 heavy (non-hydrogen) atoms. The third-order valence-corrected chi connectivity index (χ3v) is 4.81. The summed E-state index contributed by atoms with van der Waals surface area (Å²) >= 11 is 1.37. The molecule has 138 valence electrons. The van der Waals surface area contributed by atoms with Gasteiger partial charge >= 0.3 is 0 Å². The molecule has 0 aliphatic rings. The van der Waals surface area contributed by atoms with Gasteiger partial charge in [-0.3, -0.25) is 15.1 Å². The average molecular weight is 387 g/mol. The largest absolute Gasteiger partial charge is 0.488 e. The van der Waals surface area contributed by atoms with Crippen LogP contribution in [0.5, 0.6) is 5.75 Å². The maximum absolute atomic E-state index is 12.8. The number of aromatic nitrogens is 2. The standard InChI is InChI=1S/C22H17N3O2S/c26-21(25-22-24-19(15-28-22)17-9-6-12-23-13-17)18-10-4-5-11-20(18)27-14-16-7-2-1-3-8-16/h1-13,15H,14H2,(H,24,25,26). The zero-order valence-corrected chi connectivity index (χ0v) is 15.7. The van der Waals surface area contributed by atoms with Crippen molar-refractivity contribution < 1.29 is 9.53 Å². The lowest BCUT2D eigenvalue weighted by Crippen LogP contribution is -2.13. The number of amides is 1. The Morgan fingerprint density at radius 3 is 2.64 bits per heavy atom. The number of pyridine rings is 1. The lowest BCUT2D eigenvalue weighted by Gasteiger charge is -2.11. The molecule has 0 unspecified atom stereocenters. The zero-order valence-electron chi connectivity index (χ0n) is 14.9. The Morgan fingerprint density at radius 1 is 1.00 bits per heavy atom. The molecule has 0 saturated carbocycles. The first-order chi connectivity index (χ1) is 13.8. The van der Waals surface area contributed by atoms with Crippen molar-refractivity contribution in [2.45, 2.75) is 6.61 Å². The summed E-state index contributed by atoms with van der Waals surface area (Å²) < 4.78 is 5.87. The predicted molar refractivity (Wildman–Crippen MR) is 111 cm³/mol. The molecule has 4 aromatic rings. The number of carbonyl (C=O) groups excluding carboxylic acids is 1. The van der Waals surface area contributed by atoms with Crippen molar-refractivity contribution in [3.63, 3.8) is 0 Å². The van der Waals surface area contributed by atoms with Crippen molar-refractivity contribution in [1.29, 1.82) is 0 Å². The van der Waals surface area contributed by atoms with Gasteiger partial charge in [0, 0.05) is 23.3 Å². The fourth-order valence-corrected chi connectivity index (χ4v) is 3.37. The van der Waals surface area contributed by atoms with Crippen LogP contribution in [-0.2, 0) is 6.61 Å². The second kappa shape index (κ2) is 8.45. The molecule has 2 aromatic carbocycles. The van der Waals surface area contributed by atoms with Crippen molar-refractivity contribution in [2.75, 3.05) is 5.32 Å². The molecule has 6 heteroatoms. The van der Waals surface area contributed by atoms with Gasteiger partial charge in [0.2, 0.25) is 0 Å². The number of hydrogen-bond donors (Lipinski definition) is 1. The second-order valence-electron chi connectivity index (χ2n) is 6.00. The molecule has 0 fully saturated rings. The Balaban J connectivity index is 1.47. The molecule has 0 aliphatic heterocycles. The molecule has 0 spiro atoms. The van der Waals surface area contributed by atoms with Crippen molar-refractivity contribution in [3.8, 4) is 17.0 Å². The summed E-state index contributed by atoms with van der Waals surface area (Å²) in [7, 11) is 0. The molecular weight excluding hydrogens is 370 g/mol. The van der Waals surface area contributed by atoms with Crippen LogP contribution in [0.15, 0.2) is 84.5 Å². The predicted octanol–water partition coefficient (Wildman–Crippen LogP) is 5.04. The highest BCUT2D eigenvalue weighted by Crippen LogP contribution is 2.26. The van der Waals surface area contributed by atoms with E-state index in [1.165, 1.54) is 11.3 Å². The number of thiazole rings is 1. The van der Waals surface area contributed by atoms with E-state index in [1.807, 2.05) is 60.0 Å². The fraction of sp³-hybridized carbons (Fsp3) is 0.0455. The number of benzene rings is 2. The fourth-order valence-electron chi connectivity index (χ4n) is 2.66. The Labute approximate surface area is 166 Å². The molecule has 0 aliphatic carbocycles. The van der Waals surface area contributed by atoms with Crippen LogP contribution in [-0.4, -0.2) is 15.9 Å². The van der Waals surface area contributed by atoms with Crippen LogP contribution in [0.2, 0.25) is 0 Å². The number of nitrogens with zero attached hydrogens (tertiary/aromatic N) is 2. The smallest absolute Gasteiger partial charge is 0.261 e. The van der Waals surface area contributed by atoms with Crippen molar-refractivity contribution in [3.05, 3.63) is 95.6 Å². The van der Waals surface area contributed by atoms with Crippen LogP contribution >= 0.6 is 11.3 Å². The maximum atomic E-state index is 12.8. The molecule has 0 atom stereocenters. The number of para-hydroxylation sites is 1. The number of hydrogen-bond acceptors (Lipinski definition) is 5. The molecule has 1 amide bonds. The SMILES string of the molecule is O=C(Nc1nc(-c2cccnc2)cs1)c1ccccc1OCc1ccccc1. The average Bonchev–Trinajstić information content (AvgIpc) is 3.22. The van der Waals surface area contributed by atoms with Gasteiger partial charge < -0.3 is 4.74 Å². The molecule has 0 bridgehead atoms. The minimum atomic E-state index is -0.254. The Bertz CT molecular complexity index is 1070. The summed E-state index contributed by atoms with van der Waals surface area (Å²) in [5.41, 5.74) is 3.20. The van der Waals surface area contributed by atoms with Crippen molar-refractivity contribution in [2.24, 2.45) is 0 Å². The Hall–Kier alpha value is -3.51. The summed E-state index contributed by atoms with van der Waals surface area (Å²) in [5.74, 6) is 0.281. The molecule has 2 heterocycles. The van der Waals surface area contributed by atoms with E-state index in [9.17, 15) is 4.79 Å². The topological polar surface area (TPSA) is 64.1 Å². The normalized spacial score (nSPS) is 10.4. The first-order valence-electron chi connectivity index (χ1n) is 8.72. The minimum absolute atomic E-state index is 0.254. The number of nitrogens with one attached hydrogen (secondary N) is 1. The Kier molecular flexibility index (Phi) is 5.40. The number of anilines is 1. The summed E-state index contributed by atoms with van der Waals surface area (Å²) in [6.07, 6.45) is 3.46. The van der Waals surface area contributed by atoms with Crippen LogP contribution in [0, 0.1) is 0 Å². The van der Waals surface area contributed by atoms with Gasteiger partial charge in [0.05, 0.1) is 11.3 Å². The molecule has 4 rings (SSSR count). The minimum Gasteiger partial charge on any atom is -0.488 e. The van der Waals surface area contributed by atoms with Gasteiger partial charge in [-0.25, -0.2) is 4.98 Å². The number of carbonyl (C=O) groups is 1. The van der Waals surface area contributed by atoms with Crippen LogP contribution in [0.3, 0.4) is 0 Å². The maximum Gasteiger partial charge on any atom is 0.261 e. The molecule has 1 N–H and O–H groups in total. The molecule has 5 nitrogen and oxygen atoms in total. The van der Waals surface area contributed by atoms with Gasteiger partial charge in [0.15, 0.2) is 5.13 Å². The summed E-state index contributed by atoms with van der Waals surface area (Å²) in [6.45, 7) is 0.396. The van der Waals surface area contributed by atoms with E-state index < -0.39 is 0 Å². The zero-order chi connectivity index (χ0) is 19.2. The van der Waals surface area contributed by atoms with Crippen LogP contribution in [0.25, 0.3) is 11.3 Å². The van der Waals surface area contributed by atoms with Gasteiger partial charge in [-0.05, 0) is 29.8 Å². The quantitative estimate of drug-likeness (QED) is 0.504. The third-order valence-electron chi connectivity index (χ3n) is 4.05. The highest BCUT2D eigenvalue weighted by Gasteiger charge is 2.14. The van der Waals surface area contributed by atoms with Crippen LogP contribution in [0.1, 0.15) is 15.9 Å². The van der Waals surface area contributed by atoms with E-state index in [1.54, 1.807) is 24.5 Å². The summed E-state index contributed by atoms with van der Waals surface area (Å²) in [6, 6.07) is 20.8. The van der Waals surface area contributed by atoms with Gasteiger partial charge in [-0.1, -0.05) is 42.5 Å². The van der Waals surface area contributed by atoms with E-state index in [2.05, 4.69) is 15.3 Å². The highest BCUT2D eigenvalue weighted by molar-refractivity contribution is 7.14. The number of ether oxygens (including phenoxy) is 1. The molecule has 0 radical (unpaired) electrons. The van der Waals surface area contributed by atoms with Crippen LogP contribution < -0.4 is 10.1 Å². The van der Waals surface area contributed by atoms with E-state index in [4.69, 9.17) is 4.74 Å². The second-order valence-corrected chi connectivity index (χ2v) is 6.86. The lowest BCUT2D eigenvalue weighted by atomic mass is 10.2. The van der Waals surface area contributed by atoms with E-state index in [0.29, 0.717) is 23.1 Å². The molecule has 2 aromatic heterocycles. The highest BCUT2D eigenvalue weighted by atomic mass is 32.1. The van der Waals surface area contributed by atoms with Crippen molar-refractivity contribution >= 4 is 22.4 Å². The monoisotopic (exact) mass is 387 g/mol. The van der Waals surface area contributed by atoms with Gasteiger partial charge in [-0.15, -0.1) is 11.3 Å². The first kappa shape index (κ1) is 17.9. The summed E-state index contributed by atoms with van der Waals surface area (Å²) in [4.78, 5) is 21.3. The molecule has 0 saturated heterocycles. The first-order valence-corrected chi connectivity index (χ1v) is 9.60. The van der Waals surface area contributed by atoms with Crippen molar-refractivity contribution in [1.82, 2.24) is 9.97 Å². The third kappa shape index (κ3) is 4.24. The van der Waals surface area contributed by atoms with Crippen LogP contribution in [0.4, 0.5) is 5.13 Å². The van der Waals surface area contributed by atoms with Gasteiger partial charge in [0.1, 0.15) is 12.4 Å².